The summed E-state index contributed by atoms with van der Waals surface area (Å²) in [5.41, 5.74) is -1.13. The highest BCUT2D eigenvalue weighted by Crippen LogP contribution is 2.35. The minimum atomic E-state index is -1.13. The largest absolute Gasteiger partial charge is 0.480 e. The third-order valence-electron chi connectivity index (χ3n) is 3.18. The van der Waals surface area contributed by atoms with Crippen molar-refractivity contribution in [2.24, 2.45) is 0 Å². The molecule has 1 atom stereocenters. The quantitative estimate of drug-likeness (QED) is 0.534. The molecule has 0 heterocycles. The molecule has 2 aliphatic carbocycles. The summed E-state index contributed by atoms with van der Waals surface area (Å²) in [6.45, 7) is 1.57. The van der Waals surface area contributed by atoms with Crippen molar-refractivity contribution in [2.75, 3.05) is 0 Å². The molecule has 1 unspecified atom stereocenters. The number of carboxylic acid groups (broad SMARTS) is 1. The van der Waals surface area contributed by atoms with Crippen molar-refractivity contribution in [1.29, 1.82) is 0 Å². The zero-order valence-electron chi connectivity index (χ0n) is 10.2. The van der Waals surface area contributed by atoms with E-state index < -0.39 is 23.6 Å². The van der Waals surface area contributed by atoms with Gasteiger partial charge in [-0.1, -0.05) is 0 Å². The van der Waals surface area contributed by atoms with E-state index in [1.807, 2.05) is 0 Å². The van der Waals surface area contributed by atoms with Crippen LogP contribution >= 0.6 is 0 Å². The van der Waals surface area contributed by atoms with Gasteiger partial charge in [-0.3, -0.25) is 4.79 Å². The van der Waals surface area contributed by atoms with Crippen molar-refractivity contribution in [2.45, 2.75) is 50.2 Å². The van der Waals surface area contributed by atoms with Gasteiger partial charge in [-0.2, -0.15) is 0 Å². The van der Waals surface area contributed by atoms with Crippen LogP contribution in [0.4, 0.5) is 4.79 Å². The molecule has 0 saturated heterocycles. The Morgan fingerprint density at radius 3 is 2.33 bits per heavy atom. The number of carbonyl (C=O) groups is 3. The molecule has 0 spiro atoms. The van der Waals surface area contributed by atoms with E-state index in [-0.39, 0.29) is 11.9 Å². The van der Waals surface area contributed by atoms with E-state index in [4.69, 9.17) is 5.11 Å². The Kier molecular flexibility index (Phi) is 3.14. The van der Waals surface area contributed by atoms with Crippen molar-refractivity contribution in [3.05, 3.63) is 0 Å². The standard InChI is InChI=1S/C11H17N3O4/c1-6(8(15)13-7-2-3-7)12-10(18)14-11(4-5-11)9(16)17/h6-7H,2-5H2,1H3,(H,13,15)(H,16,17)(H2,12,14,18). The maximum absolute atomic E-state index is 11.6. The van der Waals surface area contributed by atoms with Gasteiger partial charge in [0.05, 0.1) is 0 Å². The Balaban J connectivity index is 1.76. The normalized spacial score (nSPS) is 21.6. The lowest BCUT2D eigenvalue weighted by Gasteiger charge is -2.17. The highest BCUT2D eigenvalue weighted by atomic mass is 16.4. The van der Waals surface area contributed by atoms with Crippen molar-refractivity contribution in [3.63, 3.8) is 0 Å². The summed E-state index contributed by atoms with van der Waals surface area (Å²) in [7, 11) is 0. The molecule has 4 N–H and O–H groups in total. The SMILES string of the molecule is CC(NC(=O)NC1(C(=O)O)CC1)C(=O)NC1CC1. The van der Waals surface area contributed by atoms with Crippen LogP contribution < -0.4 is 16.0 Å². The molecule has 0 aromatic rings. The molecule has 3 amide bonds. The summed E-state index contributed by atoms with van der Waals surface area (Å²) in [5, 5.41) is 16.5. The van der Waals surface area contributed by atoms with Gasteiger partial charge in [0.15, 0.2) is 0 Å². The van der Waals surface area contributed by atoms with Crippen LogP contribution in [0.25, 0.3) is 0 Å². The van der Waals surface area contributed by atoms with E-state index in [0.29, 0.717) is 12.8 Å². The summed E-state index contributed by atoms with van der Waals surface area (Å²) >= 11 is 0. The van der Waals surface area contributed by atoms with Crippen LogP contribution in [0, 0.1) is 0 Å². The van der Waals surface area contributed by atoms with E-state index in [0.717, 1.165) is 12.8 Å². The van der Waals surface area contributed by atoms with Crippen LogP contribution in [0.5, 0.6) is 0 Å². The van der Waals surface area contributed by atoms with Gasteiger partial charge in [0.1, 0.15) is 11.6 Å². The van der Waals surface area contributed by atoms with Crippen LogP contribution in [-0.2, 0) is 9.59 Å². The molecule has 7 nitrogen and oxygen atoms in total. The van der Waals surface area contributed by atoms with Crippen molar-refractivity contribution in [1.82, 2.24) is 16.0 Å². The molecule has 2 rings (SSSR count). The van der Waals surface area contributed by atoms with Gasteiger partial charge in [0.2, 0.25) is 5.91 Å². The van der Waals surface area contributed by atoms with Crippen LogP contribution in [0.15, 0.2) is 0 Å². The molecule has 0 bridgehead atoms. The minimum absolute atomic E-state index is 0.235. The summed E-state index contributed by atoms with van der Waals surface area (Å²) in [4.78, 5) is 34.0. The Hall–Kier alpha value is -1.79. The Bertz CT molecular complexity index is 388. The van der Waals surface area contributed by atoms with Crippen molar-refractivity contribution in [3.8, 4) is 0 Å². The van der Waals surface area contributed by atoms with Crippen LogP contribution in [0.2, 0.25) is 0 Å². The van der Waals surface area contributed by atoms with E-state index in [1.165, 1.54) is 0 Å². The molecule has 2 aliphatic rings. The van der Waals surface area contributed by atoms with Crippen LogP contribution in [0.1, 0.15) is 32.6 Å². The fraction of sp³-hybridized carbons (Fsp3) is 0.727. The number of carboxylic acids is 1. The Labute approximate surface area is 104 Å². The average Bonchev–Trinajstić information content (AvgIpc) is 3.13. The maximum atomic E-state index is 11.6. The number of hydrogen-bond donors (Lipinski definition) is 4. The van der Waals surface area contributed by atoms with Gasteiger partial charge in [0, 0.05) is 6.04 Å². The molecule has 100 valence electrons. The number of aliphatic carboxylic acids is 1. The first-order valence-corrected chi connectivity index (χ1v) is 6.05. The first-order chi connectivity index (χ1) is 8.43. The second-order valence-corrected chi connectivity index (χ2v) is 4.99. The topological polar surface area (TPSA) is 108 Å². The smallest absolute Gasteiger partial charge is 0.329 e. The molecule has 2 fully saturated rings. The zero-order valence-corrected chi connectivity index (χ0v) is 10.2. The average molecular weight is 255 g/mol. The van der Waals surface area contributed by atoms with E-state index in [9.17, 15) is 14.4 Å². The number of hydrogen-bond acceptors (Lipinski definition) is 3. The lowest BCUT2D eigenvalue weighted by molar-refractivity contribution is -0.140. The third kappa shape index (κ3) is 2.91. The molecular weight excluding hydrogens is 238 g/mol. The monoisotopic (exact) mass is 255 g/mol. The molecule has 0 radical (unpaired) electrons. The summed E-state index contributed by atoms with van der Waals surface area (Å²) in [6.07, 6.45) is 2.82. The Morgan fingerprint density at radius 1 is 1.28 bits per heavy atom. The van der Waals surface area contributed by atoms with Crippen molar-refractivity contribution < 1.29 is 19.5 Å². The molecule has 7 heteroatoms. The fourth-order valence-corrected chi connectivity index (χ4v) is 1.59. The van der Waals surface area contributed by atoms with E-state index >= 15 is 0 Å². The van der Waals surface area contributed by atoms with Gasteiger partial charge in [0.25, 0.3) is 0 Å². The lowest BCUT2D eigenvalue weighted by Crippen LogP contribution is -2.53. The van der Waals surface area contributed by atoms with Gasteiger partial charge < -0.3 is 21.1 Å². The number of carbonyl (C=O) groups excluding carboxylic acids is 2. The van der Waals surface area contributed by atoms with E-state index in [1.54, 1.807) is 6.92 Å². The minimum Gasteiger partial charge on any atom is -0.480 e. The van der Waals surface area contributed by atoms with Crippen molar-refractivity contribution >= 4 is 17.9 Å². The number of urea groups is 1. The lowest BCUT2D eigenvalue weighted by atomic mass is 10.3. The second kappa shape index (κ2) is 4.47. The molecule has 0 aromatic carbocycles. The van der Waals surface area contributed by atoms with Gasteiger partial charge >= 0.3 is 12.0 Å². The molecule has 2 saturated carbocycles. The first kappa shape index (κ1) is 12.7. The molecule has 18 heavy (non-hydrogen) atoms. The van der Waals surface area contributed by atoms with E-state index in [2.05, 4.69) is 16.0 Å². The predicted molar refractivity (Wildman–Crippen MR) is 61.9 cm³/mol. The number of amides is 3. The first-order valence-electron chi connectivity index (χ1n) is 6.05. The highest BCUT2D eigenvalue weighted by molar-refractivity contribution is 5.91. The fourth-order valence-electron chi connectivity index (χ4n) is 1.59. The van der Waals surface area contributed by atoms with Crippen LogP contribution in [-0.4, -0.2) is 40.6 Å². The molecule has 0 aromatic heterocycles. The molecule has 0 aliphatic heterocycles. The summed E-state index contributed by atoms with van der Waals surface area (Å²) in [6, 6.07) is -1.05. The van der Waals surface area contributed by atoms with Gasteiger partial charge in [-0.05, 0) is 32.6 Å². The maximum Gasteiger partial charge on any atom is 0.329 e. The third-order valence-corrected chi connectivity index (χ3v) is 3.18. The predicted octanol–water partition coefficient (Wildman–Crippen LogP) is -0.430. The summed E-state index contributed by atoms with van der Waals surface area (Å²) in [5.74, 6) is -1.28. The van der Waals surface area contributed by atoms with Gasteiger partial charge in [-0.25, -0.2) is 9.59 Å². The summed E-state index contributed by atoms with van der Waals surface area (Å²) < 4.78 is 0. The second-order valence-electron chi connectivity index (χ2n) is 4.99. The van der Waals surface area contributed by atoms with Crippen LogP contribution in [0.3, 0.4) is 0 Å². The number of rotatable bonds is 5. The highest BCUT2D eigenvalue weighted by Gasteiger charge is 2.51. The molecular formula is C11H17N3O4. The Morgan fingerprint density at radius 2 is 1.89 bits per heavy atom. The zero-order chi connectivity index (χ0) is 13.3. The number of nitrogens with one attached hydrogen (secondary N) is 3. The van der Waals surface area contributed by atoms with Gasteiger partial charge in [-0.15, -0.1) is 0 Å².